The van der Waals surface area contributed by atoms with Gasteiger partial charge in [-0.2, -0.15) is 13.2 Å². The minimum atomic E-state index is -4.17. The first-order chi connectivity index (χ1) is 11.2. The third-order valence-corrected chi connectivity index (χ3v) is 3.97. The molecule has 148 valence electrons. The van der Waals surface area contributed by atoms with Gasteiger partial charge in [0.15, 0.2) is 5.96 Å². The maximum Gasteiger partial charge on any atom is 0.401 e. The number of hydrogen-bond acceptors (Lipinski definition) is 3. The Morgan fingerprint density at radius 1 is 1.44 bits per heavy atom. The van der Waals surface area contributed by atoms with Crippen LogP contribution in [0.3, 0.4) is 0 Å². The Bertz CT molecular complexity index is 434. The van der Waals surface area contributed by atoms with Crippen molar-refractivity contribution < 1.29 is 18.0 Å². The summed E-state index contributed by atoms with van der Waals surface area (Å²) in [6.45, 7) is 1.57. The lowest BCUT2D eigenvalue weighted by molar-refractivity contribution is -0.143. The number of carbonyl (C=O) groups excluding carboxylic acids is 1. The van der Waals surface area contributed by atoms with E-state index in [4.69, 9.17) is 5.73 Å². The number of alkyl halides is 3. The molecule has 10 heteroatoms. The summed E-state index contributed by atoms with van der Waals surface area (Å²) in [6, 6.07) is 0. The SMILES string of the molecule is CN=C(NCCCN(C)CC(F)(F)F)N1CCCC(CC(N)=O)C1.I. The van der Waals surface area contributed by atoms with Crippen LogP contribution in [-0.4, -0.2) is 74.7 Å². The fourth-order valence-corrected chi connectivity index (χ4v) is 2.98. The minimum Gasteiger partial charge on any atom is -0.370 e. The van der Waals surface area contributed by atoms with E-state index in [1.54, 1.807) is 7.05 Å². The molecule has 0 saturated carbocycles. The highest BCUT2D eigenvalue weighted by Crippen LogP contribution is 2.19. The highest BCUT2D eigenvalue weighted by Gasteiger charge is 2.28. The minimum absolute atomic E-state index is 0. The number of primary amides is 1. The Morgan fingerprint density at radius 3 is 2.68 bits per heavy atom. The summed E-state index contributed by atoms with van der Waals surface area (Å²) in [5.74, 6) is 0.660. The molecule has 0 bridgehead atoms. The first-order valence-electron chi connectivity index (χ1n) is 8.20. The van der Waals surface area contributed by atoms with Crippen molar-refractivity contribution in [1.29, 1.82) is 0 Å². The van der Waals surface area contributed by atoms with Crippen molar-refractivity contribution in [2.45, 2.75) is 31.9 Å². The molecule has 0 aliphatic carbocycles. The van der Waals surface area contributed by atoms with E-state index < -0.39 is 12.7 Å². The smallest absolute Gasteiger partial charge is 0.370 e. The van der Waals surface area contributed by atoms with E-state index >= 15 is 0 Å². The van der Waals surface area contributed by atoms with Gasteiger partial charge in [0.1, 0.15) is 0 Å². The van der Waals surface area contributed by atoms with Gasteiger partial charge < -0.3 is 16.0 Å². The normalized spacial score (nSPS) is 18.9. The quantitative estimate of drug-likeness (QED) is 0.252. The van der Waals surface area contributed by atoms with Crippen LogP contribution in [0, 0.1) is 5.92 Å². The monoisotopic (exact) mass is 479 g/mol. The van der Waals surface area contributed by atoms with Crippen LogP contribution < -0.4 is 11.1 Å². The largest absolute Gasteiger partial charge is 0.401 e. The summed E-state index contributed by atoms with van der Waals surface area (Å²) in [5, 5.41) is 3.18. The van der Waals surface area contributed by atoms with Gasteiger partial charge >= 0.3 is 6.18 Å². The molecule has 1 saturated heterocycles. The van der Waals surface area contributed by atoms with Crippen LogP contribution >= 0.6 is 24.0 Å². The average Bonchev–Trinajstić information content (AvgIpc) is 2.45. The topological polar surface area (TPSA) is 74.0 Å². The average molecular weight is 479 g/mol. The number of nitrogens with one attached hydrogen (secondary N) is 1. The molecule has 1 heterocycles. The molecule has 6 nitrogen and oxygen atoms in total. The van der Waals surface area contributed by atoms with Gasteiger partial charge in [-0.1, -0.05) is 0 Å². The van der Waals surface area contributed by atoms with Crippen LogP contribution in [0.1, 0.15) is 25.7 Å². The third kappa shape index (κ3) is 10.7. The second-order valence-corrected chi connectivity index (χ2v) is 6.31. The highest BCUT2D eigenvalue weighted by atomic mass is 127. The van der Waals surface area contributed by atoms with Gasteiger partial charge in [0, 0.05) is 33.1 Å². The number of nitrogens with two attached hydrogens (primary N) is 1. The summed E-state index contributed by atoms with van der Waals surface area (Å²) in [6.07, 6.45) is -1.27. The molecule has 25 heavy (non-hydrogen) atoms. The molecular formula is C15H29F3IN5O. The Labute approximate surface area is 164 Å². The Balaban J connectivity index is 0.00000576. The second-order valence-electron chi connectivity index (χ2n) is 6.31. The van der Waals surface area contributed by atoms with Crippen LogP contribution in [0.25, 0.3) is 0 Å². The van der Waals surface area contributed by atoms with Gasteiger partial charge in [0.2, 0.25) is 5.91 Å². The zero-order valence-electron chi connectivity index (χ0n) is 14.8. The zero-order valence-corrected chi connectivity index (χ0v) is 17.1. The lowest BCUT2D eigenvalue weighted by atomic mass is 9.95. The molecule has 0 spiro atoms. The Hall–Kier alpha value is -0.780. The number of hydrogen-bond donors (Lipinski definition) is 2. The van der Waals surface area contributed by atoms with E-state index in [1.807, 2.05) is 0 Å². The molecule has 1 rings (SSSR count). The van der Waals surface area contributed by atoms with Gasteiger partial charge in [0.25, 0.3) is 0 Å². The van der Waals surface area contributed by atoms with E-state index in [0.717, 1.165) is 31.9 Å². The Kier molecular flexibility index (Phi) is 11.4. The van der Waals surface area contributed by atoms with Crippen molar-refractivity contribution in [3.05, 3.63) is 0 Å². The van der Waals surface area contributed by atoms with Gasteiger partial charge in [0.05, 0.1) is 6.54 Å². The summed E-state index contributed by atoms with van der Waals surface area (Å²) in [5.41, 5.74) is 5.26. The van der Waals surface area contributed by atoms with Crippen LogP contribution in [0.15, 0.2) is 4.99 Å². The summed E-state index contributed by atoms with van der Waals surface area (Å²) in [7, 11) is 3.14. The predicted molar refractivity (Wildman–Crippen MR) is 103 cm³/mol. The van der Waals surface area contributed by atoms with Crippen molar-refractivity contribution in [2.75, 3.05) is 46.8 Å². The Morgan fingerprint density at radius 2 is 2.12 bits per heavy atom. The fraction of sp³-hybridized carbons (Fsp3) is 0.867. The number of amides is 1. The standard InChI is InChI=1S/C15H28F3N5O.HI/c1-20-14(21-6-4-7-22(2)11-15(16,17)18)23-8-3-5-12(10-23)9-13(19)24;/h12H,3-11H2,1-2H3,(H2,19,24)(H,20,21);1H. The van der Waals surface area contributed by atoms with Gasteiger partial charge in [-0.3, -0.25) is 14.7 Å². The highest BCUT2D eigenvalue weighted by molar-refractivity contribution is 14.0. The molecule has 0 aromatic heterocycles. The molecule has 0 aromatic rings. The van der Waals surface area contributed by atoms with Crippen molar-refractivity contribution in [3.63, 3.8) is 0 Å². The van der Waals surface area contributed by atoms with E-state index in [0.29, 0.717) is 25.9 Å². The van der Waals surface area contributed by atoms with Gasteiger partial charge in [-0.15, -0.1) is 24.0 Å². The number of nitrogens with zero attached hydrogens (tertiary/aromatic N) is 3. The van der Waals surface area contributed by atoms with E-state index in [1.165, 1.54) is 11.9 Å². The molecule has 1 aliphatic heterocycles. The molecule has 1 amide bonds. The predicted octanol–water partition coefficient (Wildman–Crippen LogP) is 1.65. The summed E-state index contributed by atoms with van der Waals surface area (Å²) >= 11 is 0. The number of rotatable bonds is 7. The zero-order chi connectivity index (χ0) is 18.2. The van der Waals surface area contributed by atoms with E-state index in [-0.39, 0.29) is 35.8 Å². The molecule has 1 fully saturated rings. The second kappa shape index (κ2) is 11.8. The number of halogens is 4. The van der Waals surface area contributed by atoms with E-state index in [9.17, 15) is 18.0 Å². The molecular weight excluding hydrogens is 450 g/mol. The molecule has 3 N–H and O–H groups in total. The van der Waals surface area contributed by atoms with Crippen molar-refractivity contribution in [2.24, 2.45) is 16.6 Å². The fourth-order valence-electron chi connectivity index (χ4n) is 2.98. The lowest BCUT2D eigenvalue weighted by Gasteiger charge is -2.34. The third-order valence-electron chi connectivity index (χ3n) is 3.97. The number of carbonyl (C=O) groups is 1. The van der Waals surface area contributed by atoms with Crippen LogP contribution in [-0.2, 0) is 4.79 Å². The molecule has 0 aromatic carbocycles. The van der Waals surface area contributed by atoms with Crippen molar-refractivity contribution >= 4 is 35.8 Å². The summed E-state index contributed by atoms with van der Waals surface area (Å²) < 4.78 is 36.8. The number of aliphatic imine (C=N–C) groups is 1. The molecule has 0 radical (unpaired) electrons. The van der Waals surface area contributed by atoms with Gasteiger partial charge in [-0.25, -0.2) is 0 Å². The van der Waals surface area contributed by atoms with E-state index in [2.05, 4.69) is 15.2 Å². The first-order valence-corrected chi connectivity index (χ1v) is 8.20. The van der Waals surface area contributed by atoms with Crippen LogP contribution in [0.5, 0.6) is 0 Å². The first kappa shape index (κ1) is 24.2. The van der Waals surface area contributed by atoms with Crippen molar-refractivity contribution in [1.82, 2.24) is 15.1 Å². The number of likely N-dealkylation sites (tertiary alicyclic amines) is 1. The lowest BCUT2D eigenvalue weighted by Crippen LogP contribution is -2.47. The molecule has 1 aliphatic rings. The molecule has 1 atom stereocenters. The number of guanidine groups is 1. The maximum atomic E-state index is 12.3. The van der Waals surface area contributed by atoms with Crippen LogP contribution in [0.4, 0.5) is 13.2 Å². The van der Waals surface area contributed by atoms with Gasteiger partial charge in [-0.05, 0) is 38.8 Å². The number of piperidine rings is 1. The van der Waals surface area contributed by atoms with Crippen LogP contribution in [0.2, 0.25) is 0 Å². The maximum absolute atomic E-state index is 12.3. The van der Waals surface area contributed by atoms with Crippen molar-refractivity contribution in [3.8, 4) is 0 Å². The molecule has 1 unspecified atom stereocenters. The summed E-state index contributed by atoms with van der Waals surface area (Å²) in [4.78, 5) is 18.6.